The van der Waals surface area contributed by atoms with Crippen molar-refractivity contribution in [3.8, 4) is 0 Å². The van der Waals surface area contributed by atoms with E-state index in [1.54, 1.807) is 83.5 Å². The number of carboxylic acid groups (broad SMARTS) is 1. The molecule has 0 aliphatic carbocycles. The number of benzene rings is 2. The van der Waals surface area contributed by atoms with Crippen LogP contribution >= 0.6 is 152 Å². The zero-order chi connectivity index (χ0) is 87.0. The van der Waals surface area contributed by atoms with Gasteiger partial charge in [0.25, 0.3) is 0 Å². The van der Waals surface area contributed by atoms with Gasteiger partial charge in [0.05, 0.1) is 77.1 Å². The third-order valence-electron chi connectivity index (χ3n) is 11.1. The van der Waals surface area contributed by atoms with Gasteiger partial charge in [-0.05, 0) is 122 Å². The van der Waals surface area contributed by atoms with Crippen LogP contribution in [-0.2, 0) is 121 Å². The van der Waals surface area contributed by atoms with Crippen molar-refractivity contribution >= 4 is 193 Å². The number of Topliss-reactive ketones (excluding diaryl/α,β-unsaturated/α-hetero) is 2. The first-order valence-electron chi connectivity index (χ1n) is 35.4. The van der Waals surface area contributed by atoms with Gasteiger partial charge in [-0.25, -0.2) is 19.2 Å². The number of aryl methyl sites for hydroxylation is 2. The van der Waals surface area contributed by atoms with Gasteiger partial charge in [0.2, 0.25) is 5.91 Å². The number of aliphatic hydroxyl groups is 2. The summed E-state index contributed by atoms with van der Waals surface area (Å²) in [4.78, 5) is 85.6. The van der Waals surface area contributed by atoms with Crippen LogP contribution in [0.15, 0.2) is 65.8 Å². The van der Waals surface area contributed by atoms with Crippen molar-refractivity contribution in [3.63, 3.8) is 0 Å². The summed E-state index contributed by atoms with van der Waals surface area (Å²) >= 11 is 14.0. The number of amides is 4. The number of epoxide rings is 1. The fourth-order valence-corrected chi connectivity index (χ4v) is 6.35. The number of hydrogen-bond donors (Lipinski definition) is 7. The second-order valence-electron chi connectivity index (χ2n) is 25.4. The summed E-state index contributed by atoms with van der Waals surface area (Å²) in [7, 11) is 9.04. The molecule has 0 spiro atoms. The maximum Gasteiger partial charge on any atom is 0 e. The monoisotopic (exact) mass is 2520 g/mol. The van der Waals surface area contributed by atoms with Gasteiger partial charge in [0.15, 0.2) is 17.6 Å². The van der Waals surface area contributed by atoms with Crippen molar-refractivity contribution < 1.29 is 138 Å². The number of alkyl halides is 2. The number of carboxylic acids is 1. The first-order chi connectivity index (χ1) is 51.0. The summed E-state index contributed by atoms with van der Waals surface area (Å²) < 4.78 is 50.8. The van der Waals surface area contributed by atoms with Gasteiger partial charge in [0.1, 0.15) is 28.9 Å². The Morgan fingerprint density at radius 3 is 1.13 bits per heavy atom. The second kappa shape index (κ2) is 103. The van der Waals surface area contributed by atoms with Crippen LogP contribution in [0.5, 0.6) is 0 Å². The second-order valence-corrected chi connectivity index (χ2v) is 64.4. The molecule has 37 heteroatoms. The first-order valence-corrected chi connectivity index (χ1v) is 53.2. The Labute approximate surface area is 802 Å². The number of carbonyl (C=O) groups is 7. The molecule has 0 bridgehead atoms. The van der Waals surface area contributed by atoms with E-state index in [0.717, 1.165) is 34.5 Å². The van der Waals surface area contributed by atoms with E-state index in [9.17, 15) is 33.6 Å². The number of methoxy groups -OCH3 is 6. The number of hydrogen-bond acceptors (Lipinski definition) is 20. The summed E-state index contributed by atoms with van der Waals surface area (Å²) in [5.74, 6) is -1.46. The quantitative estimate of drug-likeness (QED) is 0.00539. The van der Waals surface area contributed by atoms with Gasteiger partial charge in [-0.1, -0.05) is 173 Å². The van der Waals surface area contributed by atoms with Gasteiger partial charge in [0, 0.05) is 108 Å². The van der Waals surface area contributed by atoms with Crippen molar-refractivity contribution in [1.82, 2.24) is 21.3 Å². The molecular formula is C76H144I7N7O20V3-3. The summed E-state index contributed by atoms with van der Waals surface area (Å²) in [6, 6.07) is 16.8. The third-order valence-corrected chi connectivity index (χ3v) is 12.2. The largest absolute Gasteiger partial charge is 0 e. The number of nitrogens with zero attached hydrogens (tertiary/aromatic N) is 3. The zero-order valence-corrected chi connectivity index (χ0v) is 91.6. The average molecular weight is 2520 g/mol. The fourth-order valence-electron chi connectivity index (χ4n) is 6.35. The molecule has 7 atom stereocenters. The Morgan fingerprint density at radius 2 is 0.912 bits per heavy atom. The summed E-state index contributed by atoms with van der Waals surface area (Å²) in [6.07, 6.45) is 5.84. The molecule has 2 radical (unpaired) electrons. The number of aliphatic hydroxyl groups excluding tert-OH is 2. The third kappa shape index (κ3) is 131. The minimum atomic E-state index is -1.16. The molecule has 1 heterocycles. The van der Waals surface area contributed by atoms with E-state index >= 15 is 0 Å². The first kappa shape index (κ1) is 145. The number of ketones is 2. The smallest absolute Gasteiger partial charge is 0 e. The van der Waals surface area contributed by atoms with Crippen LogP contribution < -0.4 is 21.3 Å². The number of alkyl carbamates (subject to hydrolysis) is 3. The van der Waals surface area contributed by atoms with E-state index in [2.05, 4.69) is 199 Å². The molecule has 3 rings (SSSR count). The van der Waals surface area contributed by atoms with Gasteiger partial charge in [-0.3, -0.25) is 19.3 Å². The molecule has 7 N–H and O–H groups in total. The molecule has 27 nitrogen and oxygen atoms in total. The topological polar surface area (TPSA) is 373 Å². The summed E-state index contributed by atoms with van der Waals surface area (Å²) in [6.45, 7) is 41.2. The Morgan fingerprint density at radius 1 is 0.611 bits per heavy atom. The number of carbonyl (C=O) groups excluding carboxylic acids is 6. The van der Waals surface area contributed by atoms with E-state index in [4.69, 9.17) is 58.7 Å². The molecule has 2 aromatic carbocycles. The van der Waals surface area contributed by atoms with E-state index in [1.165, 1.54) is 59.1 Å². The Hall–Kier alpha value is 0.343. The SMILES string of the molecule is CC(C)I.CCC.CCCI.CC[C@@H](COC)N=[N+]=[N-].CC[C@@H](O)COC.CC[C@@H]1CO1.COCC(CO)NC(=O)OC(C)(C)C.COCC(NC(=O)OC(C)(C)C)C(=O)CCc1ccccc1.COCC(NC(=O)OC(C)(C)C)C(=O)O.COC[C@@H](NC(C)=O)C(=O)CCc1ccccc1.I.[CH2-]C.[CH2-]I.[CH3-].[I][V]([I])[I].[V].[V]. The standard InChI is InChI=1S/C17H25NO4.C14H19NO3.C9H17NO5.C9H19NO4.C5H11N3O.C5H12O2.C4H8O.2C3H7I.C3H8.C2H5.CH2I.CH3.4HI.3V/c1-17(2,3)22-16(20)18-14(12-21-4)15(19)11-10-13-8-6-5-7-9-13;1-11(16)15-13(10-18-2)14(17)9-8-12-6-4-3-5-7-12;1-9(2,3)15-8(13)10-6(5-14-4)7(11)12;1-9(2,3)14-8(12)10-7(5-11)6-13-4;1-3-5(4-9-2)7-8-6;1-3-5(6)4-7-2;1-2-4-3-5-4;1-3(2)4;1-2-3-4;1-3-2;2*1-2;;;;;;;;/h5-9,14H,10-12H2,1-4H3,(H,18,20);3-7,13H,8-10H2,1-2H3,(H,15,16);6H,5H2,1-4H3,(H,10,13)(H,11,12);7,11H,5-6H2,1-4H3,(H,10,12);5H,3-4H2,1-2H3;5-6H,3-4H2,1-2H3;4H,2-3H2,1H3;3H,1-2H3;2-3H2,1H3;3H2,1-2H3;1H2,2H3;1H2;1H3;4*1H;;;/q;;;;;;;;;;3*-1;;;;;;;+3/p-3/t;13-;;;2*5-;4-;;;;;;;;;;;;;/m.1..011............./s1. The van der Waals surface area contributed by atoms with Crippen LogP contribution in [0.4, 0.5) is 14.4 Å². The molecule has 0 aromatic heterocycles. The molecule has 0 saturated carbocycles. The van der Waals surface area contributed by atoms with Crippen LogP contribution in [-0.4, -0.2) is 220 Å². The summed E-state index contributed by atoms with van der Waals surface area (Å²) in [5.41, 5.74) is 8.41. The van der Waals surface area contributed by atoms with Crippen molar-refractivity contribution in [2.24, 2.45) is 5.11 Å². The average Bonchev–Trinajstić information content (AvgIpc) is 1.68. The van der Waals surface area contributed by atoms with Crippen molar-refractivity contribution in [3.05, 3.63) is 102 Å². The van der Waals surface area contributed by atoms with Crippen LogP contribution in [0.3, 0.4) is 0 Å². The number of aliphatic carboxylic acids is 1. The molecule has 2 aromatic rings. The molecule has 670 valence electrons. The van der Waals surface area contributed by atoms with Crippen molar-refractivity contribution in [2.75, 3.05) is 99.9 Å². The maximum absolute atomic E-state index is 12.3. The van der Waals surface area contributed by atoms with Crippen LogP contribution in [0.1, 0.15) is 188 Å². The van der Waals surface area contributed by atoms with Crippen molar-refractivity contribution in [2.45, 2.75) is 252 Å². The Balaban J connectivity index is -0.0000000828. The fraction of sp³-hybridized carbons (Fsp3) is 0.711. The molecule has 113 heavy (non-hydrogen) atoms. The molecule has 1 aliphatic heterocycles. The summed E-state index contributed by atoms with van der Waals surface area (Å²) in [5, 5.41) is 39.6. The van der Waals surface area contributed by atoms with Crippen LogP contribution in [0.2, 0.25) is 0 Å². The van der Waals surface area contributed by atoms with Gasteiger partial charge in [-0.2, -0.15) is 6.92 Å². The Kier molecular flexibility index (Phi) is 132. The van der Waals surface area contributed by atoms with Crippen LogP contribution in [0, 0.1) is 19.3 Å². The number of azide groups is 1. The molecular weight excluding hydrogens is 2370 g/mol. The Bertz CT molecular complexity index is 2440. The minimum absolute atomic E-state index is 0. The molecule has 3 unspecified atom stereocenters. The number of halogens is 7. The van der Waals surface area contributed by atoms with E-state index in [-0.39, 0.29) is 136 Å². The maximum atomic E-state index is 12.3. The van der Waals surface area contributed by atoms with Gasteiger partial charge in [-0.15, -0.1) is 24.0 Å². The minimum Gasteiger partial charge on any atom is 0 e. The predicted molar refractivity (Wildman–Crippen MR) is 511 cm³/mol. The normalized spacial score (nSPS) is 12.3. The molecule has 1 fully saturated rings. The van der Waals surface area contributed by atoms with E-state index in [1.807, 2.05) is 97.1 Å². The number of rotatable bonds is 31. The van der Waals surface area contributed by atoms with E-state index < -0.39 is 65.2 Å². The van der Waals surface area contributed by atoms with Crippen molar-refractivity contribution in [1.29, 1.82) is 0 Å². The number of nitrogens with one attached hydrogen (secondary N) is 4. The van der Waals surface area contributed by atoms with Gasteiger partial charge >= 0.3 is 89.1 Å². The van der Waals surface area contributed by atoms with Gasteiger partial charge < -0.3 is 121 Å². The molecule has 1 saturated heterocycles. The van der Waals surface area contributed by atoms with E-state index in [0.29, 0.717) is 45.0 Å². The van der Waals surface area contributed by atoms with Crippen LogP contribution in [0.25, 0.3) is 10.4 Å². The predicted octanol–water partition coefficient (Wildman–Crippen LogP) is 19.0. The molecule has 1 aliphatic rings. The number of ether oxygens (including phenoxy) is 10. The molecule has 4 amide bonds. The zero-order valence-electron chi connectivity index (χ0n) is 72.2.